The molecular weight excluding hydrogens is 216 g/mol. The smallest absolute Gasteiger partial charge is 0.339 e. The molecule has 0 aromatic carbocycles. The number of carbonyl (C=O) groups is 1. The minimum absolute atomic E-state index is 0.311. The maximum atomic E-state index is 11.8. The number of anilines is 1. The SMILES string of the molecule is CCCCc1c(C(=O)OCC)cnc(N)c1C. The Morgan fingerprint density at radius 1 is 1.47 bits per heavy atom. The van der Waals surface area contributed by atoms with Crippen molar-refractivity contribution in [3.05, 3.63) is 22.9 Å². The van der Waals surface area contributed by atoms with E-state index >= 15 is 0 Å². The summed E-state index contributed by atoms with van der Waals surface area (Å²) < 4.78 is 5.02. The van der Waals surface area contributed by atoms with E-state index in [0.29, 0.717) is 18.0 Å². The number of hydrogen-bond donors (Lipinski definition) is 1. The zero-order valence-corrected chi connectivity index (χ0v) is 10.7. The van der Waals surface area contributed by atoms with E-state index in [1.807, 2.05) is 6.92 Å². The normalized spacial score (nSPS) is 10.3. The highest BCUT2D eigenvalue weighted by atomic mass is 16.5. The molecule has 0 saturated heterocycles. The first-order valence-corrected chi connectivity index (χ1v) is 6.02. The van der Waals surface area contributed by atoms with Crippen LogP contribution >= 0.6 is 0 Å². The summed E-state index contributed by atoms with van der Waals surface area (Å²) in [6.07, 6.45) is 4.45. The van der Waals surface area contributed by atoms with Crippen LogP contribution < -0.4 is 5.73 Å². The number of pyridine rings is 1. The third-order valence-corrected chi connectivity index (χ3v) is 2.77. The van der Waals surface area contributed by atoms with Crippen LogP contribution in [-0.4, -0.2) is 17.6 Å². The molecule has 2 N–H and O–H groups in total. The van der Waals surface area contributed by atoms with E-state index in [4.69, 9.17) is 10.5 Å². The van der Waals surface area contributed by atoms with Gasteiger partial charge < -0.3 is 10.5 Å². The molecular formula is C13H20N2O2. The fourth-order valence-electron chi connectivity index (χ4n) is 1.73. The van der Waals surface area contributed by atoms with Gasteiger partial charge in [0, 0.05) is 6.20 Å². The van der Waals surface area contributed by atoms with Crippen molar-refractivity contribution in [3.8, 4) is 0 Å². The van der Waals surface area contributed by atoms with Crippen LogP contribution in [0.5, 0.6) is 0 Å². The van der Waals surface area contributed by atoms with Gasteiger partial charge in [-0.15, -0.1) is 0 Å². The summed E-state index contributed by atoms with van der Waals surface area (Å²) in [6.45, 7) is 6.18. The molecule has 0 atom stereocenters. The van der Waals surface area contributed by atoms with Gasteiger partial charge in [0.2, 0.25) is 0 Å². The van der Waals surface area contributed by atoms with E-state index in [1.165, 1.54) is 6.20 Å². The van der Waals surface area contributed by atoms with Crippen LogP contribution in [0.2, 0.25) is 0 Å². The van der Waals surface area contributed by atoms with E-state index in [-0.39, 0.29) is 5.97 Å². The summed E-state index contributed by atoms with van der Waals surface area (Å²) in [5.41, 5.74) is 8.18. The number of rotatable bonds is 5. The van der Waals surface area contributed by atoms with Crippen LogP contribution in [0, 0.1) is 6.92 Å². The standard InChI is InChI=1S/C13H20N2O2/c1-4-6-7-10-9(3)12(14)15-8-11(10)13(16)17-5-2/h8H,4-7H2,1-3H3,(H2,14,15). The van der Waals surface area contributed by atoms with Crippen molar-refractivity contribution in [3.63, 3.8) is 0 Å². The monoisotopic (exact) mass is 236 g/mol. The van der Waals surface area contributed by atoms with Gasteiger partial charge in [-0.25, -0.2) is 9.78 Å². The second-order valence-electron chi connectivity index (χ2n) is 3.98. The summed E-state index contributed by atoms with van der Waals surface area (Å²) in [5.74, 6) is 0.179. The summed E-state index contributed by atoms with van der Waals surface area (Å²) in [5, 5.41) is 0. The Morgan fingerprint density at radius 2 is 2.18 bits per heavy atom. The Bertz CT molecular complexity index is 403. The van der Waals surface area contributed by atoms with Crippen LogP contribution in [0.3, 0.4) is 0 Å². The molecule has 1 aromatic heterocycles. The fourth-order valence-corrected chi connectivity index (χ4v) is 1.73. The lowest BCUT2D eigenvalue weighted by Crippen LogP contribution is -2.12. The average Bonchev–Trinajstić information content (AvgIpc) is 2.31. The molecule has 1 heterocycles. The minimum Gasteiger partial charge on any atom is -0.462 e. The molecule has 94 valence electrons. The molecule has 0 unspecified atom stereocenters. The predicted octanol–water partition coefficient (Wildman–Crippen LogP) is 2.49. The molecule has 0 radical (unpaired) electrons. The molecule has 0 aliphatic carbocycles. The maximum Gasteiger partial charge on any atom is 0.339 e. The van der Waals surface area contributed by atoms with Gasteiger partial charge in [0.15, 0.2) is 0 Å². The van der Waals surface area contributed by atoms with Crippen LogP contribution in [0.1, 0.15) is 48.2 Å². The number of nitrogens with zero attached hydrogens (tertiary/aromatic N) is 1. The molecule has 0 fully saturated rings. The number of aromatic nitrogens is 1. The molecule has 0 saturated carbocycles. The number of esters is 1. The van der Waals surface area contributed by atoms with E-state index < -0.39 is 0 Å². The van der Waals surface area contributed by atoms with Crippen LogP contribution in [0.4, 0.5) is 5.82 Å². The molecule has 1 rings (SSSR count). The highest BCUT2D eigenvalue weighted by Crippen LogP contribution is 2.21. The van der Waals surface area contributed by atoms with Crippen molar-refractivity contribution in [2.24, 2.45) is 0 Å². The summed E-state index contributed by atoms with van der Waals surface area (Å²) in [4.78, 5) is 15.8. The lowest BCUT2D eigenvalue weighted by molar-refractivity contribution is 0.0524. The highest BCUT2D eigenvalue weighted by Gasteiger charge is 2.16. The highest BCUT2D eigenvalue weighted by molar-refractivity contribution is 5.91. The van der Waals surface area contributed by atoms with Crippen molar-refractivity contribution in [2.45, 2.75) is 40.0 Å². The number of nitrogen functional groups attached to an aromatic ring is 1. The van der Waals surface area contributed by atoms with Gasteiger partial charge in [0.25, 0.3) is 0 Å². The molecule has 0 aliphatic rings. The first-order valence-electron chi connectivity index (χ1n) is 6.02. The summed E-state index contributed by atoms with van der Waals surface area (Å²) in [7, 11) is 0. The van der Waals surface area contributed by atoms with Crippen molar-refractivity contribution < 1.29 is 9.53 Å². The Morgan fingerprint density at radius 3 is 2.76 bits per heavy atom. The Labute approximate surface area is 102 Å². The van der Waals surface area contributed by atoms with Gasteiger partial charge in [-0.2, -0.15) is 0 Å². The van der Waals surface area contributed by atoms with Gasteiger partial charge in [-0.1, -0.05) is 13.3 Å². The zero-order valence-electron chi connectivity index (χ0n) is 10.7. The molecule has 0 bridgehead atoms. The molecule has 17 heavy (non-hydrogen) atoms. The van der Waals surface area contributed by atoms with Gasteiger partial charge in [-0.05, 0) is 37.8 Å². The van der Waals surface area contributed by atoms with Crippen molar-refractivity contribution in [1.82, 2.24) is 4.98 Å². The number of unbranched alkanes of at least 4 members (excludes halogenated alkanes) is 1. The second-order valence-corrected chi connectivity index (χ2v) is 3.98. The molecule has 4 nitrogen and oxygen atoms in total. The van der Waals surface area contributed by atoms with Crippen LogP contribution in [-0.2, 0) is 11.2 Å². The summed E-state index contributed by atoms with van der Waals surface area (Å²) in [6, 6.07) is 0. The Balaban J connectivity index is 3.10. The van der Waals surface area contributed by atoms with Crippen molar-refractivity contribution in [2.75, 3.05) is 12.3 Å². The summed E-state index contributed by atoms with van der Waals surface area (Å²) >= 11 is 0. The Kier molecular flexibility index (Phi) is 4.94. The molecule has 4 heteroatoms. The predicted molar refractivity (Wildman–Crippen MR) is 68.0 cm³/mol. The zero-order chi connectivity index (χ0) is 12.8. The third kappa shape index (κ3) is 3.19. The van der Waals surface area contributed by atoms with Gasteiger partial charge in [0.05, 0.1) is 12.2 Å². The van der Waals surface area contributed by atoms with Gasteiger partial charge in [0.1, 0.15) is 5.82 Å². The first-order chi connectivity index (χ1) is 8.11. The van der Waals surface area contributed by atoms with Gasteiger partial charge in [-0.3, -0.25) is 0 Å². The molecule has 0 aliphatic heterocycles. The number of nitrogens with two attached hydrogens (primary N) is 1. The number of ether oxygens (including phenoxy) is 1. The topological polar surface area (TPSA) is 65.2 Å². The van der Waals surface area contributed by atoms with E-state index in [2.05, 4.69) is 11.9 Å². The molecule has 0 amide bonds. The Hall–Kier alpha value is -1.58. The van der Waals surface area contributed by atoms with E-state index in [0.717, 1.165) is 30.4 Å². The van der Waals surface area contributed by atoms with Crippen molar-refractivity contribution >= 4 is 11.8 Å². The minimum atomic E-state index is -0.311. The molecule has 0 spiro atoms. The maximum absolute atomic E-state index is 11.8. The largest absolute Gasteiger partial charge is 0.462 e. The fraction of sp³-hybridized carbons (Fsp3) is 0.538. The lowest BCUT2D eigenvalue weighted by Gasteiger charge is -2.12. The first kappa shape index (κ1) is 13.5. The van der Waals surface area contributed by atoms with Crippen LogP contribution in [0.25, 0.3) is 0 Å². The van der Waals surface area contributed by atoms with Gasteiger partial charge >= 0.3 is 5.97 Å². The second kappa shape index (κ2) is 6.23. The number of hydrogen-bond acceptors (Lipinski definition) is 4. The van der Waals surface area contributed by atoms with E-state index in [1.54, 1.807) is 6.92 Å². The van der Waals surface area contributed by atoms with Crippen molar-refractivity contribution in [1.29, 1.82) is 0 Å². The average molecular weight is 236 g/mol. The quantitative estimate of drug-likeness (QED) is 0.798. The van der Waals surface area contributed by atoms with E-state index in [9.17, 15) is 4.79 Å². The third-order valence-electron chi connectivity index (χ3n) is 2.77. The van der Waals surface area contributed by atoms with Crippen LogP contribution in [0.15, 0.2) is 6.20 Å². The molecule has 1 aromatic rings. The lowest BCUT2D eigenvalue weighted by atomic mass is 9.99. The number of carbonyl (C=O) groups excluding carboxylic acids is 1.